The fourth-order valence-electron chi connectivity index (χ4n) is 3.71. The highest BCUT2D eigenvalue weighted by Crippen LogP contribution is 2.30. The molecule has 1 unspecified atom stereocenters. The summed E-state index contributed by atoms with van der Waals surface area (Å²) >= 11 is 0. The van der Waals surface area contributed by atoms with E-state index in [9.17, 15) is 13.9 Å². The molecule has 1 fully saturated rings. The van der Waals surface area contributed by atoms with Gasteiger partial charge in [-0.1, -0.05) is 24.3 Å². The first kappa shape index (κ1) is 19.9. The number of aliphatic hydroxyl groups is 1. The number of nitrogens with one attached hydrogen (secondary N) is 1. The molecule has 2 aromatic carbocycles. The Hall–Kier alpha value is -1.86. The first-order valence-electron chi connectivity index (χ1n) is 9.37. The first-order chi connectivity index (χ1) is 13.1. The Morgan fingerprint density at radius 2 is 1.37 bits per heavy atom. The van der Waals surface area contributed by atoms with E-state index in [0.717, 1.165) is 37.3 Å². The third-order valence-electron chi connectivity index (χ3n) is 5.05. The van der Waals surface area contributed by atoms with Gasteiger partial charge in [0.2, 0.25) is 0 Å². The number of benzene rings is 2. The molecule has 0 saturated carbocycles. The van der Waals surface area contributed by atoms with Crippen LogP contribution in [0.1, 0.15) is 17.2 Å². The summed E-state index contributed by atoms with van der Waals surface area (Å²) in [5.41, 5.74) is 1.98. The van der Waals surface area contributed by atoms with E-state index in [4.69, 9.17) is 0 Å². The van der Waals surface area contributed by atoms with Crippen LogP contribution in [0.25, 0.3) is 0 Å². The standard InChI is InChI=1S/C21H27F2N3O/c1-24-14-20(27)15-25-10-12-26(13-11-25)21(16-2-6-18(22)7-3-16)17-4-8-19(23)9-5-17/h2-9,20-21,24,27H,10-15H2,1H3. The summed E-state index contributed by atoms with van der Waals surface area (Å²) in [6.07, 6.45) is -0.383. The van der Waals surface area contributed by atoms with Crippen molar-refractivity contribution in [2.24, 2.45) is 0 Å². The second-order valence-electron chi connectivity index (χ2n) is 7.05. The Bertz CT molecular complexity index is 655. The van der Waals surface area contributed by atoms with Crippen LogP contribution < -0.4 is 5.32 Å². The summed E-state index contributed by atoms with van der Waals surface area (Å²) in [7, 11) is 1.83. The molecule has 1 aliphatic heterocycles. The van der Waals surface area contributed by atoms with Crippen LogP contribution in [0.5, 0.6) is 0 Å². The van der Waals surface area contributed by atoms with Gasteiger partial charge in [0.15, 0.2) is 0 Å². The third-order valence-corrected chi connectivity index (χ3v) is 5.05. The SMILES string of the molecule is CNCC(O)CN1CCN(C(c2ccc(F)cc2)c2ccc(F)cc2)CC1. The van der Waals surface area contributed by atoms with Crippen molar-refractivity contribution in [1.29, 1.82) is 0 Å². The van der Waals surface area contributed by atoms with Crippen LogP contribution in [0.3, 0.4) is 0 Å². The average Bonchev–Trinajstić information content (AvgIpc) is 2.66. The molecule has 2 aromatic rings. The molecule has 1 heterocycles. The lowest BCUT2D eigenvalue weighted by atomic mass is 9.96. The maximum Gasteiger partial charge on any atom is 0.123 e. The number of halogens is 2. The molecule has 6 heteroatoms. The van der Waals surface area contributed by atoms with Crippen molar-refractivity contribution in [3.63, 3.8) is 0 Å². The van der Waals surface area contributed by atoms with Gasteiger partial charge in [0, 0.05) is 39.3 Å². The number of hydrogen-bond donors (Lipinski definition) is 2. The van der Waals surface area contributed by atoms with Crippen LogP contribution in [0.4, 0.5) is 8.78 Å². The Labute approximate surface area is 159 Å². The van der Waals surface area contributed by atoms with E-state index < -0.39 is 0 Å². The van der Waals surface area contributed by atoms with E-state index in [2.05, 4.69) is 15.1 Å². The number of β-amino-alcohol motifs (C(OH)–C–C–N with tert-alkyl or cyclic N) is 1. The van der Waals surface area contributed by atoms with Gasteiger partial charge in [-0.05, 0) is 42.4 Å². The van der Waals surface area contributed by atoms with Crippen molar-refractivity contribution in [2.75, 3.05) is 46.3 Å². The molecule has 2 N–H and O–H groups in total. The minimum atomic E-state index is -0.383. The van der Waals surface area contributed by atoms with Crippen LogP contribution >= 0.6 is 0 Å². The summed E-state index contributed by atoms with van der Waals surface area (Å²) in [6, 6.07) is 13.0. The second-order valence-corrected chi connectivity index (χ2v) is 7.05. The summed E-state index contributed by atoms with van der Waals surface area (Å²) in [4.78, 5) is 4.59. The molecule has 146 valence electrons. The van der Waals surface area contributed by atoms with E-state index in [1.807, 2.05) is 7.05 Å². The van der Waals surface area contributed by atoms with Gasteiger partial charge < -0.3 is 10.4 Å². The normalized spacial score (nSPS) is 17.4. The van der Waals surface area contributed by atoms with E-state index in [-0.39, 0.29) is 23.8 Å². The Balaban J connectivity index is 1.74. The van der Waals surface area contributed by atoms with Crippen molar-refractivity contribution in [2.45, 2.75) is 12.1 Å². The zero-order chi connectivity index (χ0) is 19.2. The van der Waals surface area contributed by atoms with Crippen molar-refractivity contribution >= 4 is 0 Å². The average molecular weight is 375 g/mol. The number of rotatable bonds is 7. The number of hydrogen-bond acceptors (Lipinski definition) is 4. The third kappa shape index (κ3) is 5.32. The Kier molecular flexibility index (Phi) is 6.90. The van der Waals surface area contributed by atoms with Crippen LogP contribution in [-0.4, -0.2) is 67.3 Å². The lowest BCUT2D eigenvalue weighted by molar-refractivity contribution is 0.0632. The molecular formula is C21H27F2N3O. The van der Waals surface area contributed by atoms with Crippen LogP contribution in [0, 0.1) is 11.6 Å². The number of nitrogens with zero attached hydrogens (tertiary/aromatic N) is 2. The van der Waals surface area contributed by atoms with Crippen molar-refractivity contribution in [1.82, 2.24) is 15.1 Å². The summed E-state index contributed by atoms with van der Waals surface area (Å²) < 4.78 is 26.8. The first-order valence-corrected chi connectivity index (χ1v) is 9.37. The zero-order valence-electron chi connectivity index (χ0n) is 15.6. The van der Waals surface area contributed by atoms with Gasteiger partial charge in [0.25, 0.3) is 0 Å². The molecule has 0 bridgehead atoms. The molecule has 3 rings (SSSR count). The van der Waals surface area contributed by atoms with Crippen molar-refractivity contribution in [3.8, 4) is 0 Å². The molecule has 0 amide bonds. The number of likely N-dealkylation sites (N-methyl/N-ethyl adjacent to an activating group) is 1. The smallest absolute Gasteiger partial charge is 0.123 e. The van der Waals surface area contributed by atoms with Gasteiger partial charge in [0.1, 0.15) is 11.6 Å². The zero-order valence-corrected chi connectivity index (χ0v) is 15.6. The highest BCUT2D eigenvalue weighted by Gasteiger charge is 2.27. The molecular weight excluding hydrogens is 348 g/mol. The maximum absolute atomic E-state index is 13.4. The molecule has 1 saturated heterocycles. The van der Waals surface area contributed by atoms with Crippen LogP contribution in [0.2, 0.25) is 0 Å². The minimum Gasteiger partial charge on any atom is -0.390 e. The predicted octanol–water partition coefficient (Wildman–Crippen LogP) is 2.25. The molecule has 4 nitrogen and oxygen atoms in total. The fourth-order valence-corrected chi connectivity index (χ4v) is 3.71. The molecule has 0 radical (unpaired) electrons. The number of piperazine rings is 1. The van der Waals surface area contributed by atoms with Crippen molar-refractivity contribution in [3.05, 3.63) is 71.3 Å². The molecule has 27 heavy (non-hydrogen) atoms. The fraction of sp³-hybridized carbons (Fsp3) is 0.429. The lowest BCUT2D eigenvalue weighted by Crippen LogP contribution is -2.50. The highest BCUT2D eigenvalue weighted by molar-refractivity contribution is 5.32. The largest absolute Gasteiger partial charge is 0.390 e. The lowest BCUT2D eigenvalue weighted by Gasteiger charge is -2.40. The van der Waals surface area contributed by atoms with Gasteiger partial charge in [-0.3, -0.25) is 9.80 Å². The Morgan fingerprint density at radius 3 is 1.81 bits per heavy atom. The van der Waals surface area contributed by atoms with E-state index in [1.54, 1.807) is 24.3 Å². The number of aliphatic hydroxyl groups excluding tert-OH is 1. The van der Waals surface area contributed by atoms with Gasteiger partial charge in [0.05, 0.1) is 12.1 Å². The minimum absolute atomic E-state index is 0.0458. The summed E-state index contributed by atoms with van der Waals surface area (Å²) in [5.74, 6) is -0.528. The predicted molar refractivity (Wildman–Crippen MR) is 103 cm³/mol. The van der Waals surface area contributed by atoms with E-state index in [1.165, 1.54) is 24.3 Å². The molecule has 0 aromatic heterocycles. The van der Waals surface area contributed by atoms with Gasteiger partial charge in [-0.25, -0.2) is 8.78 Å². The maximum atomic E-state index is 13.4. The summed E-state index contributed by atoms with van der Waals surface area (Å²) in [6.45, 7) is 4.57. The van der Waals surface area contributed by atoms with Gasteiger partial charge in [-0.2, -0.15) is 0 Å². The molecule has 1 aliphatic rings. The van der Waals surface area contributed by atoms with Crippen molar-refractivity contribution < 1.29 is 13.9 Å². The van der Waals surface area contributed by atoms with E-state index in [0.29, 0.717) is 13.1 Å². The van der Waals surface area contributed by atoms with Crippen LogP contribution in [0.15, 0.2) is 48.5 Å². The Morgan fingerprint density at radius 1 is 0.889 bits per heavy atom. The second kappa shape index (κ2) is 9.37. The van der Waals surface area contributed by atoms with Crippen LogP contribution in [-0.2, 0) is 0 Å². The quantitative estimate of drug-likeness (QED) is 0.779. The highest BCUT2D eigenvalue weighted by atomic mass is 19.1. The van der Waals surface area contributed by atoms with Gasteiger partial charge in [-0.15, -0.1) is 0 Å². The monoisotopic (exact) mass is 375 g/mol. The summed E-state index contributed by atoms with van der Waals surface area (Å²) in [5, 5.41) is 13.0. The molecule has 1 atom stereocenters. The van der Waals surface area contributed by atoms with E-state index >= 15 is 0 Å². The topological polar surface area (TPSA) is 38.7 Å². The molecule has 0 aliphatic carbocycles. The molecule has 0 spiro atoms. The van der Waals surface area contributed by atoms with Gasteiger partial charge >= 0.3 is 0 Å².